The van der Waals surface area contributed by atoms with Crippen molar-refractivity contribution in [2.45, 2.75) is 32.1 Å². The van der Waals surface area contributed by atoms with Gasteiger partial charge >= 0.3 is 0 Å². The van der Waals surface area contributed by atoms with E-state index in [1.54, 1.807) is 0 Å². The number of aromatic nitrogens is 1. The van der Waals surface area contributed by atoms with Crippen molar-refractivity contribution in [3.8, 4) is 0 Å². The minimum Gasteiger partial charge on any atom is -0.365 e. The van der Waals surface area contributed by atoms with Crippen molar-refractivity contribution in [2.24, 2.45) is 5.73 Å². The molecule has 1 aliphatic rings. The largest absolute Gasteiger partial charge is 0.365 e. The van der Waals surface area contributed by atoms with Gasteiger partial charge in [0, 0.05) is 0 Å². The van der Waals surface area contributed by atoms with Crippen LogP contribution < -0.4 is 11.1 Å². The van der Waals surface area contributed by atoms with E-state index in [0.717, 1.165) is 29.7 Å². The normalized spacial score (nSPS) is 13.5. The Morgan fingerprint density at radius 2 is 2.00 bits per heavy atom. The maximum Gasteiger partial charge on any atom is 0.260 e. The Labute approximate surface area is 132 Å². The fourth-order valence-electron chi connectivity index (χ4n) is 2.69. The van der Waals surface area contributed by atoms with Gasteiger partial charge in [0.1, 0.15) is 4.88 Å². The maximum atomic E-state index is 12.1. The van der Waals surface area contributed by atoms with Crippen LogP contribution in [-0.4, -0.2) is 16.8 Å². The number of primary amides is 1. The molecule has 0 aliphatic heterocycles. The lowest BCUT2D eigenvalue weighted by molar-refractivity contribution is -0.115. The summed E-state index contributed by atoms with van der Waals surface area (Å²) in [4.78, 5) is 27.4. The van der Waals surface area contributed by atoms with Crippen LogP contribution in [0.5, 0.6) is 0 Å². The molecule has 3 rings (SSSR count). The number of amides is 2. The summed E-state index contributed by atoms with van der Waals surface area (Å²) < 4.78 is 0. The highest BCUT2D eigenvalue weighted by atomic mass is 32.1. The maximum absolute atomic E-state index is 12.1. The van der Waals surface area contributed by atoms with Crippen LogP contribution in [0, 0.1) is 0 Å². The number of aryl methyl sites for hydroxylation is 2. The van der Waals surface area contributed by atoms with Crippen molar-refractivity contribution in [2.75, 3.05) is 5.32 Å². The summed E-state index contributed by atoms with van der Waals surface area (Å²) in [6, 6.07) is 6.27. The number of anilines is 1. The molecule has 114 valence electrons. The van der Waals surface area contributed by atoms with Gasteiger partial charge in [0.15, 0.2) is 5.13 Å². The average Bonchev–Trinajstić information content (AvgIpc) is 2.95. The average molecular weight is 315 g/mol. The van der Waals surface area contributed by atoms with Crippen LogP contribution in [0.2, 0.25) is 0 Å². The number of carbonyl (C=O) groups is 2. The molecule has 0 radical (unpaired) electrons. The van der Waals surface area contributed by atoms with Gasteiger partial charge in [-0.2, -0.15) is 0 Å². The first-order valence-electron chi connectivity index (χ1n) is 7.28. The summed E-state index contributed by atoms with van der Waals surface area (Å²) in [7, 11) is 0. The van der Waals surface area contributed by atoms with E-state index >= 15 is 0 Å². The number of hydrogen-bond donors (Lipinski definition) is 2. The summed E-state index contributed by atoms with van der Waals surface area (Å²) in [5.41, 5.74) is 8.94. The Morgan fingerprint density at radius 3 is 2.73 bits per heavy atom. The monoisotopic (exact) mass is 315 g/mol. The number of thiazole rings is 1. The molecule has 1 heterocycles. The molecule has 3 N–H and O–H groups in total. The highest BCUT2D eigenvalue weighted by molar-refractivity contribution is 7.17. The summed E-state index contributed by atoms with van der Waals surface area (Å²) in [5, 5.41) is 3.11. The van der Waals surface area contributed by atoms with Crippen LogP contribution in [0.4, 0.5) is 5.13 Å². The van der Waals surface area contributed by atoms with Crippen molar-refractivity contribution in [1.29, 1.82) is 0 Å². The van der Waals surface area contributed by atoms with Gasteiger partial charge in [-0.25, -0.2) is 4.98 Å². The summed E-state index contributed by atoms with van der Waals surface area (Å²) >= 11 is 1.09. The number of carbonyl (C=O) groups excluding carboxylic acids is 2. The van der Waals surface area contributed by atoms with E-state index in [4.69, 9.17) is 5.73 Å². The molecule has 1 aromatic carbocycles. The van der Waals surface area contributed by atoms with Crippen molar-refractivity contribution < 1.29 is 9.59 Å². The minimum atomic E-state index is -0.535. The van der Waals surface area contributed by atoms with Gasteiger partial charge in [0.2, 0.25) is 5.91 Å². The predicted molar refractivity (Wildman–Crippen MR) is 86.0 cm³/mol. The number of nitrogens with one attached hydrogen (secondary N) is 1. The fraction of sp³-hybridized carbons (Fsp3) is 0.312. The molecule has 2 amide bonds. The highest BCUT2D eigenvalue weighted by Crippen LogP contribution is 2.23. The van der Waals surface area contributed by atoms with Gasteiger partial charge in [0.05, 0.1) is 12.6 Å². The van der Waals surface area contributed by atoms with E-state index in [1.165, 1.54) is 30.2 Å². The SMILES string of the molecule is NC(=O)c1cnc(NC(=O)Cc2ccc3c(c2)CCCC3)s1. The Hall–Kier alpha value is -2.21. The van der Waals surface area contributed by atoms with Gasteiger partial charge in [-0.05, 0) is 42.4 Å². The summed E-state index contributed by atoms with van der Waals surface area (Å²) in [6.07, 6.45) is 6.38. The van der Waals surface area contributed by atoms with Crippen molar-refractivity contribution >= 4 is 28.3 Å². The van der Waals surface area contributed by atoms with Gasteiger partial charge in [-0.3, -0.25) is 9.59 Å². The van der Waals surface area contributed by atoms with E-state index in [9.17, 15) is 9.59 Å². The highest BCUT2D eigenvalue weighted by Gasteiger charge is 2.13. The third kappa shape index (κ3) is 3.33. The zero-order valence-corrected chi connectivity index (χ0v) is 12.9. The van der Waals surface area contributed by atoms with Crippen LogP contribution >= 0.6 is 11.3 Å². The van der Waals surface area contributed by atoms with Crippen molar-refractivity contribution in [3.05, 3.63) is 46.0 Å². The van der Waals surface area contributed by atoms with Gasteiger partial charge in [-0.15, -0.1) is 0 Å². The Bertz CT molecular complexity index is 724. The number of nitrogens with two attached hydrogens (primary N) is 1. The van der Waals surface area contributed by atoms with E-state index in [1.807, 2.05) is 6.07 Å². The molecule has 0 bridgehead atoms. The van der Waals surface area contributed by atoms with Crippen LogP contribution in [-0.2, 0) is 24.1 Å². The lowest BCUT2D eigenvalue weighted by Crippen LogP contribution is -2.15. The number of nitrogens with zero attached hydrogens (tertiary/aromatic N) is 1. The Balaban J connectivity index is 1.65. The van der Waals surface area contributed by atoms with E-state index < -0.39 is 5.91 Å². The molecule has 1 aromatic heterocycles. The zero-order chi connectivity index (χ0) is 15.5. The Kier molecular flexibility index (Phi) is 4.20. The number of benzene rings is 1. The molecule has 0 saturated heterocycles. The molecular formula is C16H17N3O2S. The van der Waals surface area contributed by atoms with Gasteiger partial charge in [0.25, 0.3) is 5.91 Å². The second kappa shape index (κ2) is 6.27. The Morgan fingerprint density at radius 1 is 1.23 bits per heavy atom. The summed E-state index contributed by atoms with van der Waals surface area (Å²) in [5.74, 6) is -0.672. The first-order valence-corrected chi connectivity index (χ1v) is 8.09. The second-order valence-corrected chi connectivity index (χ2v) is 6.46. The molecule has 1 aliphatic carbocycles. The standard InChI is InChI=1S/C16H17N3O2S/c17-15(21)13-9-18-16(22-13)19-14(20)8-10-5-6-11-3-1-2-4-12(11)7-10/h5-7,9H,1-4,8H2,(H2,17,21)(H,18,19,20). The smallest absolute Gasteiger partial charge is 0.260 e. The quantitative estimate of drug-likeness (QED) is 0.908. The third-order valence-corrected chi connectivity index (χ3v) is 4.70. The predicted octanol–water partition coefficient (Wildman–Crippen LogP) is 2.30. The van der Waals surface area contributed by atoms with Crippen LogP contribution in [0.3, 0.4) is 0 Å². The lowest BCUT2D eigenvalue weighted by Gasteiger charge is -2.16. The molecule has 0 fully saturated rings. The minimum absolute atomic E-state index is 0.138. The van der Waals surface area contributed by atoms with E-state index in [2.05, 4.69) is 22.4 Å². The zero-order valence-electron chi connectivity index (χ0n) is 12.1. The van der Waals surface area contributed by atoms with Crippen LogP contribution in [0.1, 0.15) is 39.2 Å². The molecule has 0 unspecified atom stereocenters. The third-order valence-electron chi connectivity index (χ3n) is 3.77. The van der Waals surface area contributed by atoms with E-state index in [-0.39, 0.29) is 5.91 Å². The molecule has 0 spiro atoms. The first kappa shape index (κ1) is 14.7. The molecule has 0 atom stereocenters. The van der Waals surface area contributed by atoms with Crippen molar-refractivity contribution in [3.63, 3.8) is 0 Å². The molecular weight excluding hydrogens is 298 g/mol. The first-order chi connectivity index (χ1) is 10.6. The van der Waals surface area contributed by atoms with E-state index in [0.29, 0.717) is 16.4 Å². The van der Waals surface area contributed by atoms with Crippen LogP contribution in [0.25, 0.3) is 0 Å². The van der Waals surface area contributed by atoms with Gasteiger partial charge in [-0.1, -0.05) is 29.5 Å². The second-order valence-electron chi connectivity index (χ2n) is 5.43. The number of hydrogen-bond acceptors (Lipinski definition) is 4. The molecule has 0 saturated carbocycles. The summed E-state index contributed by atoms with van der Waals surface area (Å²) in [6.45, 7) is 0. The lowest BCUT2D eigenvalue weighted by atomic mass is 9.90. The molecule has 5 nitrogen and oxygen atoms in total. The van der Waals surface area contributed by atoms with Crippen molar-refractivity contribution in [1.82, 2.24) is 4.98 Å². The van der Waals surface area contributed by atoms with Gasteiger partial charge < -0.3 is 11.1 Å². The number of rotatable bonds is 4. The fourth-order valence-corrected chi connectivity index (χ4v) is 3.38. The topological polar surface area (TPSA) is 85.1 Å². The number of fused-ring (bicyclic) bond motifs is 1. The molecule has 2 aromatic rings. The van der Waals surface area contributed by atoms with Crippen LogP contribution in [0.15, 0.2) is 24.4 Å². The molecule has 6 heteroatoms. The molecule has 22 heavy (non-hydrogen) atoms.